The molecule has 2 rings (SSSR count). The molecule has 2 aromatic heterocycles. The highest BCUT2D eigenvalue weighted by atomic mass is 15.0. The summed E-state index contributed by atoms with van der Waals surface area (Å²) in [5.41, 5.74) is 10.2. The van der Waals surface area contributed by atoms with Crippen LogP contribution in [0.4, 0.5) is 0 Å². The largest absolute Gasteiger partial charge is 0.325 e. The van der Waals surface area contributed by atoms with Gasteiger partial charge >= 0.3 is 0 Å². The Morgan fingerprint density at radius 3 is 2.73 bits per heavy atom. The first-order chi connectivity index (χ1) is 7.15. The van der Waals surface area contributed by atoms with E-state index in [4.69, 9.17) is 5.73 Å². The van der Waals surface area contributed by atoms with Crippen LogP contribution in [0.1, 0.15) is 36.8 Å². The van der Waals surface area contributed by atoms with Gasteiger partial charge in [-0.05, 0) is 25.0 Å². The molecule has 0 amide bonds. The Hall–Kier alpha value is -1.35. The first-order valence-corrected chi connectivity index (χ1v) is 5.32. The molecule has 0 aromatic carbocycles. The Bertz CT molecular complexity index is 483. The molecule has 0 saturated carbocycles. The topological polar surface area (TPSA) is 43.3 Å². The summed E-state index contributed by atoms with van der Waals surface area (Å²) in [6, 6.07) is 6.14. The maximum Gasteiger partial charge on any atom is 0.137 e. The van der Waals surface area contributed by atoms with E-state index in [9.17, 15) is 0 Å². The van der Waals surface area contributed by atoms with Gasteiger partial charge in [-0.3, -0.25) is 4.40 Å². The second-order valence-corrected chi connectivity index (χ2v) is 4.16. The van der Waals surface area contributed by atoms with Crippen molar-refractivity contribution in [3.63, 3.8) is 0 Å². The average Bonchev–Trinajstić information content (AvgIpc) is 2.57. The number of aryl methyl sites for hydroxylation is 1. The fourth-order valence-electron chi connectivity index (χ4n) is 2.00. The number of imidazole rings is 1. The van der Waals surface area contributed by atoms with Crippen LogP contribution < -0.4 is 5.73 Å². The van der Waals surface area contributed by atoms with Gasteiger partial charge in [0.15, 0.2) is 0 Å². The molecule has 3 heteroatoms. The van der Waals surface area contributed by atoms with Gasteiger partial charge in [0, 0.05) is 12.2 Å². The minimum absolute atomic E-state index is 0.419. The van der Waals surface area contributed by atoms with Gasteiger partial charge in [-0.15, -0.1) is 0 Å². The Balaban J connectivity index is 2.80. The smallest absolute Gasteiger partial charge is 0.137 e. The van der Waals surface area contributed by atoms with E-state index in [1.54, 1.807) is 0 Å². The minimum Gasteiger partial charge on any atom is -0.325 e. The maximum absolute atomic E-state index is 5.81. The lowest BCUT2D eigenvalue weighted by Crippen LogP contribution is -2.06. The van der Waals surface area contributed by atoms with Crippen LogP contribution in [0, 0.1) is 6.92 Å². The zero-order valence-corrected chi connectivity index (χ0v) is 9.49. The molecule has 0 saturated heterocycles. The third-order valence-corrected chi connectivity index (χ3v) is 2.71. The van der Waals surface area contributed by atoms with E-state index in [-0.39, 0.29) is 0 Å². The molecule has 0 fully saturated rings. The van der Waals surface area contributed by atoms with Gasteiger partial charge in [0.1, 0.15) is 5.65 Å². The Kier molecular flexibility index (Phi) is 2.49. The predicted molar refractivity (Wildman–Crippen MR) is 61.9 cm³/mol. The van der Waals surface area contributed by atoms with E-state index < -0.39 is 0 Å². The summed E-state index contributed by atoms with van der Waals surface area (Å²) >= 11 is 0. The molecule has 0 radical (unpaired) electrons. The second kappa shape index (κ2) is 3.66. The molecule has 2 aromatic rings. The molecule has 0 unspecified atom stereocenters. The standard InChI is InChI=1S/C12H17N3/c1-8(2)12-10(7-13)15-9(3)5-4-6-11(15)14-12/h4-6,8H,7,13H2,1-3H3. The van der Waals surface area contributed by atoms with E-state index in [2.05, 4.69) is 36.2 Å². The van der Waals surface area contributed by atoms with Crippen molar-refractivity contribution in [3.8, 4) is 0 Å². The SMILES string of the molecule is Cc1cccc2nc(C(C)C)c(CN)n12. The summed E-state index contributed by atoms with van der Waals surface area (Å²) in [7, 11) is 0. The van der Waals surface area contributed by atoms with Crippen molar-refractivity contribution < 1.29 is 0 Å². The molecule has 3 nitrogen and oxygen atoms in total. The van der Waals surface area contributed by atoms with Crippen LogP contribution in [-0.4, -0.2) is 9.38 Å². The molecular formula is C12H17N3. The van der Waals surface area contributed by atoms with Gasteiger partial charge in [0.05, 0.1) is 11.4 Å². The fourth-order valence-corrected chi connectivity index (χ4v) is 2.00. The van der Waals surface area contributed by atoms with E-state index >= 15 is 0 Å². The summed E-state index contributed by atoms with van der Waals surface area (Å²) in [4.78, 5) is 4.63. The van der Waals surface area contributed by atoms with Crippen molar-refractivity contribution >= 4 is 5.65 Å². The van der Waals surface area contributed by atoms with Gasteiger partial charge in [-0.25, -0.2) is 4.98 Å². The van der Waals surface area contributed by atoms with Crippen molar-refractivity contribution in [2.24, 2.45) is 5.73 Å². The van der Waals surface area contributed by atoms with Gasteiger partial charge < -0.3 is 5.73 Å². The zero-order valence-electron chi connectivity index (χ0n) is 9.49. The number of hydrogen-bond acceptors (Lipinski definition) is 2. The highest BCUT2D eigenvalue weighted by Crippen LogP contribution is 2.21. The number of pyridine rings is 1. The number of hydrogen-bond donors (Lipinski definition) is 1. The van der Waals surface area contributed by atoms with Gasteiger partial charge in [0.2, 0.25) is 0 Å². The molecule has 2 heterocycles. The Morgan fingerprint density at radius 1 is 1.40 bits per heavy atom. The number of nitrogens with two attached hydrogens (primary N) is 1. The molecule has 0 spiro atoms. The molecule has 0 aliphatic heterocycles. The Morgan fingerprint density at radius 2 is 2.13 bits per heavy atom. The van der Waals surface area contributed by atoms with Crippen LogP contribution in [0.25, 0.3) is 5.65 Å². The highest BCUT2D eigenvalue weighted by Gasteiger charge is 2.14. The summed E-state index contributed by atoms with van der Waals surface area (Å²) in [5.74, 6) is 0.419. The third kappa shape index (κ3) is 1.53. The maximum atomic E-state index is 5.81. The highest BCUT2D eigenvalue weighted by molar-refractivity contribution is 5.45. The van der Waals surface area contributed by atoms with E-state index in [0.29, 0.717) is 12.5 Å². The van der Waals surface area contributed by atoms with Crippen molar-refractivity contribution in [1.82, 2.24) is 9.38 Å². The number of rotatable bonds is 2. The van der Waals surface area contributed by atoms with Crippen LogP contribution in [0.2, 0.25) is 0 Å². The van der Waals surface area contributed by atoms with Crippen molar-refractivity contribution in [2.45, 2.75) is 33.2 Å². The van der Waals surface area contributed by atoms with Crippen LogP contribution >= 0.6 is 0 Å². The van der Waals surface area contributed by atoms with Gasteiger partial charge in [0.25, 0.3) is 0 Å². The van der Waals surface area contributed by atoms with Gasteiger partial charge in [-0.2, -0.15) is 0 Å². The molecule has 0 atom stereocenters. The number of nitrogens with zero attached hydrogens (tertiary/aromatic N) is 2. The van der Waals surface area contributed by atoms with Crippen LogP contribution in [-0.2, 0) is 6.54 Å². The lowest BCUT2D eigenvalue weighted by Gasteiger charge is -2.06. The molecule has 0 aliphatic rings. The average molecular weight is 203 g/mol. The minimum atomic E-state index is 0.419. The molecular weight excluding hydrogens is 186 g/mol. The molecule has 2 N–H and O–H groups in total. The van der Waals surface area contributed by atoms with E-state index in [1.165, 1.54) is 5.69 Å². The predicted octanol–water partition coefficient (Wildman–Crippen LogP) is 2.22. The van der Waals surface area contributed by atoms with Crippen molar-refractivity contribution in [1.29, 1.82) is 0 Å². The number of fused-ring (bicyclic) bond motifs is 1. The third-order valence-electron chi connectivity index (χ3n) is 2.71. The number of aromatic nitrogens is 2. The van der Waals surface area contributed by atoms with Crippen LogP contribution in [0.5, 0.6) is 0 Å². The summed E-state index contributed by atoms with van der Waals surface area (Å²) in [5, 5.41) is 0. The lowest BCUT2D eigenvalue weighted by molar-refractivity contribution is 0.796. The normalized spacial score (nSPS) is 11.5. The van der Waals surface area contributed by atoms with Crippen molar-refractivity contribution in [2.75, 3.05) is 0 Å². The zero-order chi connectivity index (χ0) is 11.0. The summed E-state index contributed by atoms with van der Waals surface area (Å²) < 4.78 is 2.15. The summed E-state index contributed by atoms with van der Waals surface area (Å²) in [6.45, 7) is 6.92. The molecule has 15 heavy (non-hydrogen) atoms. The van der Waals surface area contributed by atoms with Crippen molar-refractivity contribution in [3.05, 3.63) is 35.3 Å². The molecule has 0 bridgehead atoms. The Labute approximate surface area is 89.9 Å². The fraction of sp³-hybridized carbons (Fsp3) is 0.417. The van der Waals surface area contributed by atoms with E-state index in [0.717, 1.165) is 17.0 Å². The monoisotopic (exact) mass is 203 g/mol. The summed E-state index contributed by atoms with van der Waals surface area (Å²) in [6.07, 6.45) is 0. The van der Waals surface area contributed by atoms with Crippen LogP contribution in [0.15, 0.2) is 18.2 Å². The molecule has 0 aliphatic carbocycles. The van der Waals surface area contributed by atoms with Gasteiger partial charge in [-0.1, -0.05) is 19.9 Å². The van der Waals surface area contributed by atoms with E-state index in [1.807, 2.05) is 12.1 Å². The second-order valence-electron chi connectivity index (χ2n) is 4.16. The molecule has 80 valence electrons. The first-order valence-electron chi connectivity index (χ1n) is 5.32. The first kappa shape index (κ1) is 10.2. The van der Waals surface area contributed by atoms with Crippen LogP contribution in [0.3, 0.4) is 0 Å². The quantitative estimate of drug-likeness (QED) is 0.813. The lowest BCUT2D eigenvalue weighted by atomic mass is 10.1.